The van der Waals surface area contributed by atoms with Gasteiger partial charge in [0.2, 0.25) is 0 Å². The summed E-state index contributed by atoms with van der Waals surface area (Å²) < 4.78 is 4.26. The van der Waals surface area contributed by atoms with Crippen molar-refractivity contribution in [3.8, 4) is 0 Å². The van der Waals surface area contributed by atoms with E-state index in [2.05, 4.69) is 77.2 Å². The molecule has 0 aliphatic heterocycles. The Morgan fingerprint density at radius 2 is 2.00 bits per heavy atom. The summed E-state index contributed by atoms with van der Waals surface area (Å²) >= 11 is 10.8. The molecule has 2 nitrogen and oxygen atoms in total. The molecule has 20 heavy (non-hydrogen) atoms. The summed E-state index contributed by atoms with van der Waals surface area (Å²) in [5.41, 5.74) is 3.68. The van der Waals surface area contributed by atoms with Crippen LogP contribution in [0.15, 0.2) is 33.2 Å². The Hall–Kier alpha value is -0.130. The van der Waals surface area contributed by atoms with Crippen LogP contribution in [0.4, 0.5) is 0 Å². The Labute approximate surface area is 145 Å². The minimum absolute atomic E-state index is 0.551. The molecule has 0 saturated carbocycles. The van der Waals surface area contributed by atoms with Crippen LogP contribution in [0.1, 0.15) is 17.0 Å². The van der Waals surface area contributed by atoms with Crippen LogP contribution in [0.3, 0.4) is 0 Å². The molecule has 1 aromatic heterocycles. The van der Waals surface area contributed by atoms with Gasteiger partial charge in [0.05, 0.1) is 15.9 Å². The van der Waals surface area contributed by atoms with E-state index in [0.29, 0.717) is 5.92 Å². The first-order valence-corrected chi connectivity index (χ1v) is 9.20. The Kier molecular flexibility index (Phi) is 5.87. The minimum Gasteiger partial charge on any atom is -0.271 e. The average molecular weight is 465 g/mol. The largest absolute Gasteiger partial charge is 0.271 e. The summed E-state index contributed by atoms with van der Waals surface area (Å²) in [6.07, 6.45) is 2.07. The zero-order chi connectivity index (χ0) is 14.7. The maximum atomic E-state index is 4.47. The summed E-state index contributed by atoms with van der Waals surface area (Å²) in [4.78, 5) is 0. The van der Waals surface area contributed by atoms with Gasteiger partial charge in [-0.3, -0.25) is 4.68 Å². The monoisotopic (exact) mass is 462 g/mol. The van der Waals surface area contributed by atoms with Gasteiger partial charge in [0.25, 0.3) is 0 Å². The van der Waals surface area contributed by atoms with E-state index < -0.39 is 0 Å². The molecule has 5 heteroatoms. The van der Waals surface area contributed by atoms with E-state index in [1.807, 2.05) is 18.7 Å². The number of hydrogen-bond acceptors (Lipinski definition) is 1. The predicted octanol–water partition coefficient (Wildman–Crippen LogP) is 5.05. The number of hydrogen-bond donors (Lipinski definition) is 0. The van der Waals surface area contributed by atoms with Gasteiger partial charge in [-0.1, -0.05) is 44.0 Å². The summed E-state index contributed by atoms with van der Waals surface area (Å²) in [7, 11) is 2.01. The van der Waals surface area contributed by atoms with Crippen LogP contribution in [0.2, 0.25) is 0 Å². The summed E-state index contributed by atoms with van der Waals surface area (Å²) in [5.74, 6) is 0.551. The Morgan fingerprint density at radius 3 is 2.55 bits per heavy atom. The lowest BCUT2D eigenvalue weighted by atomic mass is 9.96. The van der Waals surface area contributed by atoms with Gasteiger partial charge in [-0.25, -0.2) is 0 Å². The van der Waals surface area contributed by atoms with E-state index >= 15 is 0 Å². The number of halogens is 3. The van der Waals surface area contributed by atoms with Gasteiger partial charge < -0.3 is 0 Å². The lowest BCUT2D eigenvalue weighted by Gasteiger charge is -2.15. The molecule has 0 aliphatic carbocycles. The molecule has 0 radical (unpaired) electrons. The maximum absolute atomic E-state index is 4.47. The fourth-order valence-corrected chi connectivity index (χ4v) is 3.76. The number of rotatable bonds is 5. The van der Waals surface area contributed by atoms with Gasteiger partial charge in [0, 0.05) is 16.9 Å². The fourth-order valence-electron chi connectivity index (χ4n) is 2.35. The highest BCUT2D eigenvalue weighted by atomic mass is 79.9. The molecular weight excluding hydrogens is 448 g/mol. The first kappa shape index (κ1) is 16.2. The molecule has 2 rings (SSSR count). The quantitative estimate of drug-likeness (QED) is 0.566. The second-order valence-electron chi connectivity index (χ2n) is 5.03. The fraction of sp³-hybridized carbons (Fsp3) is 0.400. The van der Waals surface area contributed by atoms with Crippen LogP contribution in [0, 0.1) is 12.8 Å². The molecule has 0 N–H and O–H groups in total. The maximum Gasteiger partial charge on any atom is 0.0738 e. The van der Waals surface area contributed by atoms with Crippen molar-refractivity contribution in [3.63, 3.8) is 0 Å². The van der Waals surface area contributed by atoms with Crippen molar-refractivity contribution in [2.45, 2.75) is 19.8 Å². The molecule has 0 spiro atoms. The van der Waals surface area contributed by atoms with Crippen LogP contribution in [0.25, 0.3) is 0 Å². The first-order valence-electron chi connectivity index (χ1n) is 6.49. The van der Waals surface area contributed by atoms with Crippen LogP contribution in [-0.2, 0) is 19.9 Å². The smallest absolute Gasteiger partial charge is 0.0738 e. The van der Waals surface area contributed by atoms with Crippen LogP contribution in [0.5, 0.6) is 0 Å². The van der Waals surface area contributed by atoms with Gasteiger partial charge in [0.15, 0.2) is 0 Å². The molecule has 0 aliphatic rings. The zero-order valence-electron chi connectivity index (χ0n) is 11.5. The SMILES string of the molecule is Cc1nn(C)c(CC(CBr)Cc2cccc(Br)c2)c1Br. The Bertz CT molecular complexity index is 593. The van der Waals surface area contributed by atoms with Gasteiger partial charge in [-0.15, -0.1) is 0 Å². The van der Waals surface area contributed by atoms with E-state index in [0.717, 1.165) is 32.8 Å². The van der Waals surface area contributed by atoms with Crippen molar-refractivity contribution in [1.82, 2.24) is 9.78 Å². The van der Waals surface area contributed by atoms with E-state index in [4.69, 9.17) is 0 Å². The van der Waals surface area contributed by atoms with E-state index in [1.54, 1.807) is 0 Å². The highest BCUT2D eigenvalue weighted by Gasteiger charge is 2.16. The van der Waals surface area contributed by atoms with Crippen LogP contribution in [-0.4, -0.2) is 15.1 Å². The molecule has 2 aromatic rings. The molecule has 0 amide bonds. The number of aromatic nitrogens is 2. The summed E-state index contributed by atoms with van der Waals surface area (Å²) in [6.45, 7) is 2.03. The van der Waals surface area contributed by atoms with Crippen molar-refractivity contribution < 1.29 is 0 Å². The van der Waals surface area contributed by atoms with Crippen LogP contribution >= 0.6 is 47.8 Å². The minimum atomic E-state index is 0.551. The number of alkyl halides is 1. The molecule has 1 unspecified atom stereocenters. The number of benzene rings is 1. The Balaban J connectivity index is 2.13. The standard InChI is InChI=1S/C15H17Br3N2/c1-10-15(18)14(20(2)19-10)8-12(9-16)6-11-4-3-5-13(17)7-11/h3-5,7,12H,6,8-9H2,1-2H3. The molecule has 0 saturated heterocycles. The van der Waals surface area contributed by atoms with Crippen molar-refractivity contribution in [1.29, 1.82) is 0 Å². The zero-order valence-corrected chi connectivity index (χ0v) is 16.3. The molecule has 0 bridgehead atoms. The third kappa shape index (κ3) is 3.95. The number of aryl methyl sites for hydroxylation is 2. The third-order valence-electron chi connectivity index (χ3n) is 3.38. The molecular formula is C15H17Br3N2. The molecule has 108 valence electrons. The average Bonchev–Trinajstić information content (AvgIpc) is 2.64. The topological polar surface area (TPSA) is 17.8 Å². The lowest BCUT2D eigenvalue weighted by Crippen LogP contribution is -2.13. The van der Waals surface area contributed by atoms with Crippen molar-refractivity contribution in [2.75, 3.05) is 5.33 Å². The van der Waals surface area contributed by atoms with Gasteiger partial charge in [-0.2, -0.15) is 5.10 Å². The second-order valence-corrected chi connectivity index (χ2v) is 7.38. The molecule has 1 aromatic carbocycles. The van der Waals surface area contributed by atoms with Crippen LogP contribution < -0.4 is 0 Å². The second kappa shape index (κ2) is 7.23. The lowest BCUT2D eigenvalue weighted by molar-refractivity contribution is 0.555. The number of nitrogens with zero attached hydrogens (tertiary/aromatic N) is 2. The van der Waals surface area contributed by atoms with E-state index in [9.17, 15) is 0 Å². The molecule has 1 atom stereocenters. The van der Waals surface area contributed by atoms with Crippen molar-refractivity contribution in [3.05, 3.63) is 50.2 Å². The van der Waals surface area contributed by atoms with Crippen molar-refractivity contribution in [2.24, 2.45) is 13.0 Å². The van der Waals surface area contributed by atoms with Gasteiger partial charge in [0.1, 0.15) is 0 Å². The normalized spacial score (nSPS) is 12.7. The predicted molar refractivity (Wildman–Crippen MR) is 94.5 cm³/mol. The summed E-state index contributed by atoms with van der Waals surface area (Å²) in [5, 5.41) is 5.45. The summed E-state index contributed by atoms with van der Waals surface area (Å²) in [6, 6.07) is 8.53. The van der Waals surface area contributed by atoms with Gasteiger partial charge in [-0.05, 0) is 59.3 Å². The highest BCUT2D eigenvalue weighted by molar-refractivity contribution is 9.11. The van der Waals surface area contributed by atoms with Crippen molar-refractivity contribution >= 4 is 47.8 Å². The third-order valence-corrected chi connectivity index (χ3v) is 5.82. The molecule has 1 heterocycles. The van der Waals surface area contributed by atoms with E-state index in [-0.39, 0.29) is 0 Å². The highest BCUT2D eigenvalue weighted by Crippen LogP contribution is 2.25. The van der Waals surface area contributed by atoms with E-state index in [1.165, 1.54) is 11.3 Å². The Morgan fingerprint density at radius 1 is 1.25 bits per heavy atom. The van der Waals surface area contributed by atoms with Gasteiger partial charge >= 0.3 is 0 Å². The molecule has 0 fully saturated rings. The first-order chi connectivity index (χ1) is 9.51.